The van der Waals surface area contributed by atoms with Gasteiger partial charge in [-0.3, -0.25) is 0 Å². The average molecular weight is 129 g/mol. The maximum atomic E-state index is 10.4. The van der Waals surface area contributed by atoms with E-state index in [1.165, 1.54) is 6.21 Å². The summed E-state index contributed by atoms with van der Waals surface area (Å²) >= 11 is 0. The minimum atomic E-state index is -0.331. The van der Waals surface area contributed by atoms with Crippen molar-refractivity contribution < 1.29 is 4.79 Å². The van der Waals surface area contributed by atoms with Crippen molar-refractivity contribution in [1.82, 2.24) is 5.32 Å². The number of urea groups is 1. The number of nitrogens with one attached hydrogen (secondary N) is 1. The van der Waals surface area contributed by atoms with Gasteiger partial charge in [0, 0.05) is 19.3 Å². The van der Waals surface area contributed by atoms with Crippen LogP contribution in [0.3, 0.4) is 0 Å². The van der Waals surface area contributed by atoms with Crippen molar-refractivity contribution in [3.05, 3.63) is 0 Å². The number of carbonyl (C=O) groups excluding carboxylic acids is 1. The Hall–Kier alpha value is -0.900. The van der Waals surface area contributed by atoms with Crippen molar-refractivity contribution in [2.45, 2.75) is 6.92 Å². The van der Waals surface area contributed by atoms with E-state index in [9.17, 15) is 4.79 Å². The second kappa shape index (κ2) is 5.24. The van der Waals surface area contributed by atoms with Crippen molar-refractivity contribution in [3.8, 4) is 0 Å². The summed E-state index contributed by atoms with van der Waals surface area (Å²) in [5.74, 6) is 0. The molecular weight excluding hydrogens is 118 g/mol. The molecule has 0 saturated carbocycles. The van der Waals surface area contributed by atoms with Gasteiger partial charge in [0.1, 0.15) is 0 Å². The Labute approximate surface area is 54.1 Å². The average Bonchev–Trinajstić information content (AvgIpc) is 1.85. The van der Waals surface area contributed by atoms with Crippen molar-refractivity contribution in [1.29, 1.82) is 0 Å². The first-order valence-corrected chi connectivity index (χ1v) is 2.78. The summed E-state index contributed by atoms with van der Waals surface area (Å²) in [6, 6.07) is -0.331. The van der Waals surface area contributed by atoms with Crippen LogP contribution in [0.5, 0.6) is 0 Å². The molecule has 4 heteroatoms. The SMILES string of the molecule is CC=NC(=O)NCCN. The van der Waals surface area contributed by atoms with E-state index in [0.29, 0.717) is 13.1 Å². The molecule has 0 saturated heterocycles. The van der Waals surface area contributed by atoms with Crippen LogP contribution in [-0.4, -0.2) is 25.3 Å². The van der Waals surface area contributed by atoms with E-state index in [-0.39, 0.29) is 6.03 Å². The lowest BCUT2D eigenvalue weighted by Gasteiger charge is -1.94. The summed E-state index contributed by atoms with van der Waals surface area (Å²) in [6.07, 6.45) is 1.44. The maximum Gasteiger partial charge on any atom is 0.340 e. The van der Waals surface area contributed by atoms with Crippen molar-refractivity contribution in [3.63, 3.8) is 0 Å². The van der Waals surface area contributed by atoms with Crippen molar-refractivity contribution in [2.75, 3.05) is 13.1 Å². The van der Waals surface area contributed by atoms with Crippen LogP contribution < -0.4 is 11.1 Å². The molecule has 4 nitrogen and oxygen atoms in total. The maximum absolute atomic E-state index is 10.4. The Morgan fingerprint density at radius 3 is 3.00 bits per heavy atom. The number of nitrogens with zero attached hydrogens (tertiary/aromatic N) is 1. The Morgan fingerprint density at radius 2 is 2.56 bits per heavy atom. The number of nitrogens with two attached hydrogens (primary N) is 1. The van der Waals surface area contributed by atoms with Gasteiger partial charge in [0.2, 0.25) is 0 Å². The Balaban J connectivity index is 3.27. The van der Waals surface area contributed by atoms with E-state index in [0.717, 1.165) is 0 Å². The third-order valence-corrected chi connectivity index (χ3v) is 0.667. The highest BCUT2D eigenvalue weighted by molar-refractivity contribution is 5.82. The normalized spacial score (nSPS) is 10.0. The molecule has 0 aliphatic heterocycles. The molecule has 2 amide bonds. The van der Waals surface area contributed by atoms with E-state index in [4.69, 9.17) is 5.73 Å². The van der Waals surface area contributed by atoms with Gasteiger partial charge in [-0.2, -0.15) is 0 Å². The first-order chi connectivity index (χ1) is 4.31. The fourth-order valence-corrected chi connectivity index (χ4v) is 0.342. The molecule has 0 aliphatic rings. The first kappa shape index (κ1) is 8.10. The molecule has 0 aromatic carbocycles. The summed E-state index contributed by atoms with van der Waals surface area (Å²) in [5, 5.41) is 2.47. The topological polar surface area (TPSA) is 67.5 Å². The van der Waals surface area contributed by atoms with E-state index in [1.807, 2.05) is 0 Å². The molecule has 0 aromatic rings. The van der Waals surface area contributed by atoms with E-state index in [2.05, 4.69) is 10.3 Å². The van der Waals surface area contributed by atoms with Crippen LogP contribution in [0, 0.1) is 0 Å². The third-order valence-electron chi connectivity index (χ3n) is 0.667. The Bertz CT molecular complexity index is 111. The molecule has 0 radical (unpaired) electrons. The zero-order valence-corrected chi connectivity index (χ0v) is 5.42. The zero-order valence-electron chi connectivity index (χ0n) is 5.42. The van der Waals surface area contributed by atoms with E-state index >= 15 is 0 Å². The molecule has 9 heavy (non-hydrogen) atoms. The predicted octanol–water partition coefficient (Wildman–Crippen LogP) is -0.255. The number of rotatable bonds is 2. The third kappa shape index (κ3) is 4.96. The molecule has 0 heterocycles. The molecule has 0 bridgehead atoms. The number of hydrogen-bond donors (Lipinski definition) is 2. The second-order valence-electron chi connectivity index (χ2n) is 1.41. The minimum absolute atomic E-state index is 0.331. The molecular formula is C5H11N3O. The molecule has 52 valence electrons. The van der Waals surface area contributed by atoms with Crippen LogP contribution in [0.1, 0.15) is 6.92 Å². The van der Waals surface area contributed by atoms with Crippen LogP contribution in [0.4, 0.5) is 4.79 Å². The Kier molecular flexibility index (Phi) is 4.72. The molecule has 0 fully saturated rings. The van der Waals surface area contributed by atoms with Gasteiger partial charge < -0.3 is 11.1 Å². The molecule has 0 rings (SSSR count). The largest absolute Gasteiger partial charge is 0.340 e. The molecule has 0 aromatic heterocycles. The minimum Gasteiger partial charge on any atom is -0.335 e. The summed E-state index contributed by atoms with van der Waals surface area (Å²) in [7, 11) is 0. The lowest BCUT2D eigenvalue weighted by Crippen LogP contribution is -2.26. The van der Waals surface area contributed by atoms with Gasteiger partial charge in [-0.15, -0.1) is 0 Å². The van der Waals surface area contributed by atoms with E-state index < -0.39 is 0 Å². The number of amides is 2. The lowest BCUT2D eigenvalue weighted by atomic mass is 10.6. The summed E-state index contributed by atoms with van der Waals surface area (Å²) in [4.78, 5) is 13.9. The molecule has 0 atom stereocenters. The van der Waals surface area contributed by atoms with Crippen molar-refractivity contribution >= 4 is 12.2 Å². The summed E-state index contributed by atoms with van der Waals surface area (Å²) in [5.41, 5.74) is 5.11. The predicted molar refractivity (Wildman–Crippen MR) is 36.6 cm³/mol. The van der Waals surface area contributed by atoms with Gasteiger partial charge in [-0.25, -0.2) is 9.79 Å². The van der Waals surface area contributed by atoms with Gasteiger partial charge >= 0.3 is 6.03 Å². The van der Waals surface area contributed by atoms with Crippen LogP contribution in [0.25, 0.3) is 0 Å². The standard InChI is InChI=1S/C5H11N3O/c1-2-7-5(9)8-4-3-6/h2H,3-4,6H2,1H3,(H,8,9). The monoisotopic (exact) mass is 129 g/mol. The fraction of sp³-hybridized carbons (Fsp3) is 0.600. The van der Waals surface area contributed by atoms with Crippen LogP contribution in [-0.2, 0) is 0 Å². The van der Waals surface area contributed by atoms with Gasteiger partial charge in [-0.1, -0.05) is 0 Å². The number of aliphatic imine (C=N–C) groups is 1. The Morgan fingerprint density at radius 1 is 1.89 bits per heavy atom. The lowest BCUT2D eigenvalue weighted by molar-refractivity contribution is 0.249. The van der Waals surface area contributed by atoms with Crippen LogP contribution in [0.2, 0.25) is 0 Å². The first-order valence-electron chi connectivity index (χ1n) is 2.78. The van der Waals surface area contributed by atoms with Crippen LogP contribution in [0.15, 0.2) is 4.99 Å². The summed E-state index contributed by atoms with van der Waals surface area (Å²) < 4.78 is 0. The highest BCUT2D eigenvalue weighted by Crippen LogP contribution is 1.68. The quantitative estimate of drug-likeness (QED) is 0.504. The zero-order chi connectivity index (χ0) is 7.11. The molecule has 0 aliphatic carbocycles. The highest BCUT2D eigenvalue weighted by atomic mass is 16.2. The van der Waals surface area contributed by atoms with Crippen molar-refractivity contribution in [2.24, 2.45) is 10.7 Å². The number of carbonyl (C=O) groups is 1. The molecule has 3 N–H and O–H groups in total. The smallest absolute Gasteiger partial charge is 0.335 e. The number of hydrogen-bond acceptors (Lipinski definition) is 2. The van der Waals surface area contributed by atoms with Gasteiger partial charge in [-0.05, 0) is 6.92 Å². The second-order valence-corrected chi connectivity index (χ2v) is 1.41. The molecule has 0 spiro atoms. The van der Waals surface area contributed by atoms with E-state index in [1.54, 1.807) is 6.92 Å². The van der Waals surface area contributed by atoms with Gasteiger partial charge in [0.25, 0.3) is 0 Å². The van der Waals surface area contributed by atoms with Gasteiger partial charge in [0.05, 0.1) is 0 Å². The summed E-state index contributed by atoms with van der Waals surface area (Å²) in [6.45, 7) is 2.61. The molecule has 0 unspecified atom stereocenters. The fourth-order valence-electron chi connectivity index (χ4n) is 0.342. The highest BCUT2D eigenvalue weighted by Gasteiger charge is 1.89. The van der Waals surface area contributed by atoms with Crippen LogP contribution >= 0.6 is 0 Å². The van der Waals surface area contributed by atoms with Gasteiger partial charge in [0.15, 0.2) is 0 Å².